The highest BCUT2D eigenvalue weighted by atomic mass is 32.2. The zero-order valence-electron chi connectivity index (χ0n) is 21.4. The standard InChI is InChI=1S/C31H26FN3O2S2/c1-20-7-13-24(14-8-20)35-30(37)28-25-15-16-34(17-21-5-3-2-4-6-21)18-27(25)39-29(28)33-31(35)38-19-26(36)22-9-11-23(32)12-10-22/h2-14H,15-19H2,1H3. The van der Waals surface area contributed by atoms with Gasteiger partial charge in [-0.15, -0.1) is 11.3 Å². The Labute approximate surface area is 233 Å². The van der Waals surface area contributed by atoms with Gasteiger partial charge in [0.2, 0.25) is 0 Å². The van der Waals surface area contributed by atoms with Crippen LogP contribution in [0, 0.1) is 12.7 Å². The van der Waals surface area contributed by atoms with E-state index in [4.69, 9.17) is 4.98 Å². The molecule has 2 aromatic heterocycles. The summed E-state index contributed by atoms with van der Waals surface area (Å²) in [4.78, 5) is 36.2. The van der Waals surface area contributed by atoms with Crippen molar-refractivity contribution in [3.63, 3.8) is 0 Å². The van der Waals surface area contributed by atoms with E-state index < -0.39 is 0 Å². The summed E-state index contributed by atoms with van der Waals surface area (Å²) in [5.74, 6) is -0.443. The minimum atomic E-state index is -0.386. The molecule has 0 unspecified atom stereocenters. The Hall–Kier alpha value is -3.59. The van der Waals surface area contributed by atoms with Crippen LogP contribution >= 0.6 is 23.1 Å². The van der Waals surface area contributed by atoms with E-state index in [1.54, 1.807) is 15.9 Å². The molecule has 0 spiro atoms. The summed E-state index contributed by atoms with van der Waals surface area (Å²) in [7, 11) is 0. The Bertz CT molecular complexity index is 1710. The first-order chi connectivity index (χ1) is 19.0. The first kappa shape index (κ1) is 25.7. The molecule has 5 nitrogen and oxygen atoms in total. The SMILES string of the molecule is Cc1ccc(-n2c(SCC(=O)c3ccc(F)cc3)nc3sc4c(c3c2=O)CCN(Cc2ccccc2)C4)cc1. The highest BCUT2D eigenvalue weighted by molar-refractivity contribution is 7.99. The van der Waals surface area contributed by atoms with Crippen molar-refractivity contribution >= 4 is 39.1 Å². The van der Waals surface area contributed by atoms with Gasteiger partial charge in [-0.05, 0) is 60.9 Å². The molecule has 0 saturated heterocycles. The lowest BCUT2D eigenvalue weighted by Crippen LogP contribution is -2.30. The molecular weight excluding hydrogens is 529 g/mol. The molecule has 196 valence electrons. The van der Waals surface area contributed by atoms with Gasteiger partial charge in [-0.1, -0.05) is 59.8 Å². The largest absolute Gasteiger partial charge is 0.294 e. The minimum absolute atomic E-state index is 0.0887. The topological polar surface area (TPSA) is 55.2 Å². The molecule has 3 aromatic carbocycles. The van der Waals surface area contributed by atoms with Crippen LogP contribution in [0.1, 0.15) is 31.9 Å². The molecule has 0 bridgehead atoms. The molecule has 39 heavy (non-hydrogen) atoms. The fourth-order valence-electron chi connectivity index (χ4n) is 4.92. The van der Waals surface area contributed by atoms with Crippen LogP contribution in [0.15, 0.2) is 88.8 Å². The van der Waals surface area contributed by atoms with Gasteiger partial charge in [0.25, 0.3) is 5.56 Å². The van der Waals surface area contributed by atoms with Crippen molar-refractivity contribution < 1.29 is 9.18 Å². The van der Waals surface area contributed by atoms with Crippen LogP contribution < -0.4 is 5.56 Å². The van der Waals surface area contributed by atoms with Crippen LogP contribution in [0.5, 0.6) is 0 Å². The molecule has 6 rings (SSSR count). The Morgan fingerprint density at radius 1 is 1.03 bits per heavy atom. The van der Waals surface area contributed by atoms with E-state index in [0.29, 0.717) is 20.9 Å². The van der Waals surface area contributed by atoms with Gasteiger partial charge in [0.1, 0.15) is 10.6 Å². The van der Waals surface area contributed by atoms with E-state index in [2.05, 4.69) is 29.2 Å². The fourth-order valence-corrected chi connectivity index (χ4v) is 7.13. The number of hydrogen-bond acceptors (Lipinski definition) is 6. The second kappa shape index (κ2) is 10.9. The third-order valence-corrected chi connectivity index (χ3v) is 9.01. The number of aryl methyl sites for hydroxylation is 1. The first-order valence-electron chi connectivity index (χ1n) is 12.8. The second-order valence-electron chi connectivity index (χ2n) is 9.72. The molecule has 0 saturated carbocycles. The maximum absolute atomic E-state index is 14.1. The fraction of sp³-hybridized carbons (Fsp3) is 0.194. The van der Waals surface area contributed by atoms with Crippen molar-refractivity contribution in [3.05, 3.63) is 122 Å². The van der Waals surface area contributed by atoms with Gasteiger partial charge < -0.3 is 0 Å². The van der Waals surface area contributed by atoms with Crippen molar-refractivity contribution in [3.8, 4) is 5.69 Å². The molecule has 5 aromatic rings. The normalized spacial score (nSPS) is 13.5. The van der Waals surface area contributed by atoms with E-state index in [1.165, 1.54) is 46.5 Å². The van der Waals surface area contributed by atoms with Crippen molar-refractivity contribution in [2.24, 2.45) is 0 Å². The Balaban J connectivity index is 1.36. The number of halogens is 1. The maximum atomic E-state index is 14.1. The number of nitrogens with zero attached hydrogens (tertiary/aromatic N) is 3. The Morgan fingerprint density at radius 2 is 1.77 bits per heavy atom. The summed E-state index contributed by atoms with van der Waals surface area (Å²) in [5.41, 5.74) is 4.50. The van der Waals surface area contributed by atoms with Gasteiger partial charge in [0.15, 0.2) is 10.9 Å². The third kappa shape index (κ3) is 5.32. The molecule has 1 aliphatic heterocycles. The summed E-state index contributed by atoms with van der Waals surface area (Å²) in [5, 5.41) is 1.16. The summed E-state index contributed by atoms with van der Waals surface area (Å²) in [6.45, 7) is 4.52. The molecule has 0 atom stereocenters. The van der Waals surface area contributed by atoms with Gasteiger partial charge >= 0.3 is 0 Å². The number of carbonyl (C=O) groups is 1. The van der Waals surface area contributed by atoms with Crippen molar-refractivity contribution in [2.45, 2.75) is 31.6 Å². The van der Waals surface area contributed by atoms with Gasteiger partial charge in [-0.3, -0.25) is 19.1 Å². The van der Waals surface area contributed by atoms with Gasteiger partial charge in [-0.2, -0.15) is 0 Å². The van der Waals surface area contributed by atoms with E-state index in [1.807, 2.05) is 37.3 Å². The zero-order chi connectivity index (χ0) is 26.9. The van der Waals surface area contributed by atoms with Crippen LogP contribution in [0.3, 0.4) is 0 Å². The Morgan fingerprint density at radius 3 is 2.51 bits per heavy atom. The maximum Gasteiger partial charge on any atom is 0.267 e. The number of ketones is 1. The molecule has 3 heterocycles. The highest BCUT2D eigenvalue weighted by Crippen LogP contribution is 2.35. The van der Waals surface area contributed by atoms with Gasteiger partial charge in [0.05, 0.1) is 16.8 Å². The number of fused-ring (bicyclic) bond motifs is 3. The number of thioether (sulfide) groups is 1. The van der Waals surface area contributed by atoms with Gasteiger partial charge in [-0.25, -0.2) is 9.37 Å². The summed E-state index contributed by atoms with van der Waals surface area (Å²) in [6.07, 6.45) is 0.794. The summed E-state index contributed by atoms with van der Waals surface area (Å²) in [6, 6.07) is 23.7. The van der Waals surface area contributed by atoms with Crippen LogP contribution in [-0.2, 0) is 19.5 Å². The molecular formula is C31H26FN3O2S2. The lowest BCUT2D eigenvalue weighted by atomic mass is 10.0. The average molecular weight is 556 g/mol. The number of benzene rings is 3. The number of rotatable bonds is 7. The number of thiophene rings is 1. The zero-order valence-corrected chi connectivity index (χ0v) is 23.0. The number of Topliss-reactive ketones (excluding diaryl/α,β-unsaturated/α-hetero) is 1. The number of aromatic nitrogens is 2. The van der Waals surface area contributed by atoms with Crippen molar-refractivity contribution in [1.82, 2.24) is 14.5 Å². The van der Waals surface area contributed by atoms with Crippen LogP contribution in [0.2, 0.25) is 0 Å². The lowest BCUT2D eigenvalue weighted by Gasteiger charge is -2.26. The van der Waals surface area contributed by atoms with E-state index >= 15 is 0 Å². The molecule has 0 N–H and O–H groups in total. The van der Waals surface area contributed by atoms with E-state index in [-0.39, 0.29) is 22.9 Å². The number of hydrogen-bond donors (Lipinski definition) is 0. The summed E-state index contributed by atoms with van der Waals surface area (Å²) < 4.78 is 15.0. The van der Waals surface area contributed by atoms with Crippen LogP contribution in [0.25, 0.3) is 15.9 Å². The van der Waals surface area contributed by atoms with E-state index in [9.17, 15) is 14.0 Å². The molecule has 0 aliphatic carbocycles. The van der Waals surface area contributed by atoms with E-state index in [0.717, 1.165) is 42.9 Å². The predicted octanol–water partition coefficient (Wildman–Crippen LogP) is 6.43. The predicted molar refractivity (Wildman–Crippen MR) is 156 cm³/mol. The molecule has 1 aliphatic rings. The number of carbonyl (C=O) groups excluding carboxylic acids is 1. The molecule has 0 fully saturated rings. The van der Waals surface area contributed by atoms with Crippen LogP contribution in [0.4, 0.5) is 4.39 Å². The smallest absolute Gasteiger partial charge is 0.267 e. The molecule has 0 radical (unpaired) electrons. The molecule has 8 heteroatoms. The second-order valence-corrected chi connectivity index (χ2v) is 11.7. The quantitative estimate of drug-likeness (QED) is 0.132. The summed E-state index contributed by atoms with van der Waals surface area (Å²) >= 11 is 2.81. The lowest BCUT2D eigenvalue weighted by molar-refractivity contribution is 0.102. The highest BCUT2D eigenvalue weighted by Gasteiger charge is 2.26. The van der Waals surface area contributed by atoms with Crippen molar-refractivity contribution in [1.29, 1.82) is 0 Å². The monoisotopic (exact) mass is 555 g/mol. The van der Waals surface area contributed by atoms with Gasteiger partial charge in [0, 0.05) is 30.1 Å². The van der Waals surface area contributed by atoms with Crippen molar-refractivity contribution in [2.75, 3.05) is 12.3 Å². The Kier molecular flexibility index (Phi) is 7.16. The van der Waals surface area contributed by atoms with Crippen LogP contribution in [-0.4, -0.2) is 32.5 Å². The average Bonchev–Trinajstić information content (AvgIpc) is 3.31. The minimum Gasteiger partial charge on any atom is -0.294 e. The first-order valence-corrected chi connectivity index (χ1v) is 14.6. The third-order valence-electron chi connectivity index (χ3n) is 6.96. The molecule has 0 amide bonds.